The minimum absolute atomic E-state index is 0.130. The highest BCUT2D eigenvalue weighted by Gasteiger charge is 2.22. The number of aliphatic hydroxyl groups is 1. The summed E-state index contributed by atoms with van der Waals surface area (Å²) in [6, 6.07) is 4.38. The molecule has 1 aromatic carbocycles. The first-order valence-corrected chi connectivity index (χ1v) is 6.14. The lowest BCUT2D eigenvalue weighted by atomic mass is 10.0. The second kappa shape index (κ2) is 6.54. The maximum Gasteiger partial charge on any atom is 0.337 e. The van der Waals surface area contributed by atoms with Crippen molar-refractivity contribution in [3.63, 3.8) is 0 Å². The fourth-order valence-corrected chi connectivity index (χ4v) is 1.72. The number of benzene rings is 1. The van der Waals surface area contributed by atoms with Crippen molar-refractivity contribution >= 4 is 23.4 Å². The third-order valence-corrected chi connectivity index (χ3v) is 3.07. The number of Topliss-reactive ketones (excluding diaryl/α,β-unsaturated/α-hetero) is 1. The van der Waals surface area contributed by atoms with Crippen LogP contribution in [0.1, 0.15) is 36.5 Å². The van der Waals surface area contributed by atoms with Crippen LogP contribution in [0.3, 0.4) is 0 Å². The van der Waals surface area contributed by atoms with Crippen molar-refractivity contribution in [2.45, 2.75) is 25.3 Å². The Morgan fingerprint density at radius 2 is 2.05 bits per heavy atom. The van der Waals surface area contributed by atoms with Crippen molar-refractivity contribution in [3.8, 4) is 5.75 Å². The Morgan fingerprint density at radius 1 is 1.42 bits per heavy atom. The summed E-state index contributed by atoms with van der Waals surface area (Å²) in [6.07, 6.45) is -1.68. The van der Waals surface area contributed by atoms with Gasteiger partial charge in [0.25, 0.3) is 0 Å². The first kappa shape index (κ1) is 15.5. The minimum Gasteiger partial charge on any atom is -0.493 e. The molecule has 2 N–H and O–H groups in total. The van der Waals surface area contributed by atoms with Crippen molar-refractivity contribution < 1.29 is 24.5 Å². The lowest BCUT2D eigenvalue weighted by molar-refractivity contribution is -0.147. The zero-order valence-corrected chi connectivity index (χ0v) is 11.3. The number of aliphatic hydroxyl groups excluding tert-OH is 1. The summed E-state index contributed by atoms with van der Waals surface area (Å²) in [5.41, 5.74) is 0.629. The molecule has 0 radical (unpaired) electrons. The third-order valence-electron chi connectivity index (χ3n) is 2.52. The summed E-state index contributed by atoms with van der Waals surface area (Å²) in [5.74, 6) is -1.39. The predicted octanol–water partition coefficient (Wildman–Crippen LogP) is 2.07. The van der Waals surface area contributed by atoms with Crippen LogP contribution in [-0.2, 0) is 9.59 Å². The Kier molecular flexibility index (Phi) is 5.32. The smallest absolute Gasteiger partial charge is 0.337 e. The highest BCUT2D eigenvalue weighted by atomic mass is 35.5. The van der Waals surface area contributed by atoms with E-state index in [9.17, 15) is 14.7 Å². The zero-order valence-electron chi connectivity index (χ0n) is 10.6. The molecule has 2 unspecified atom stereocenters. The number of carboxylic acids is 1. The van der Waals surface area contributed by atoms with Gasteiger partial charge in [-0.3, -0.25) is 4.79 Å². The molecule has 0 aromatic heterocycles. The molecule has 19 heavy (non-hydrogen) atoms. The number of halogens is 1. The van der Waals surface area contributed by atoms with Gasteiger partial charge in [-0.1, -0.05) is 12.1 Å². The van der Waals surface area contributed by atoms with Crippen LogP contribution in [-0.4, -0.2) is 28.6 Å². The fourth-order valence-electron chi connectivity index (χ4n) is 1.58. The van der Waals surface area contributed by atoms with E-state index in [4.69, 9.17) is 21.4 Å². The summed E-state index contributed by atoms with van der Waals surface area (Å²) >= 11 is 5.92. The van der Waals surface area contributed by atoms with E-state index in [-0.39, 0.29) is 17.1 Å². The SMILES string of the molecule is CCOc1cc(C(Cl)C(C)=O)ccc1C(O)C(=O)O. The van der Waals surface area contributed by atoms with E-state index in [0.29, 0.717) is 12.2 Å². The molecular weight excluding hydrogens is 272 g/mol. The first-order valence-electron chi connectivity index (χ1n) is 5.70. The van der Waals surface area contributed by atoms with Crippen LogP contribution in [0.25, 0.3) is 0 Å². The second-order valence-corrected chi connectivity index (χ2v) is 4.38. The largest absolute Gasteiger partial charge is 0.493 e. The van der Waals surface area contributed by atoms with Crippen LogP contribution in [0, 0.1) is 0 Å². The summed E-state index contributed by atoms with van der Waals surface area (Å²) in [6.45, 7) is 3.39. The van der Waals surface area contributed by atoms with E-state index in [2.05, 4.69) is 0 Å². The Hall–Kier alpha value is -1.59. The van der Waals surface area contributed by atoms with Crippen molar-refractivity contribution in [1.82, 2.24) is 0 Å². The average molecular weight is 287 g/mol. The molecule has 1 rings (SSSR count). The molecule has 2 atom stereocenters. The maximum atomic E-state index is 11.2. The summed E-state index contributed by atoms with van der Waals surface area (Å²) in [5, 5.41) is 17.5. The molecule has 0 saturated heterocycles. The highest BCUT2D eigenvalue weighted by Crippen LogP contribution is 2.31. The number of carboxylic acid groups (broad SMARTS) is 1. The number of ether oxygens (including phenoxy) is 1. The monoisotopic (exact) mass is 286 g/mol. The molecule has 0 aliphatic heterocycles. The van der Waals surface area contributed by atoms with Gasteiger partial charge in [-0.15, -0.1) is 11.6 Å². The number of aliphatic carboxylic acids is 1. The highest BCUT2D eigenvalue weighted by molar-refractivity contribution is 6.30. The summed E-state index contributed by atoms with van der Waals surface area (Å²) in [7, 11) is 0. The van der Waals surface area contributed by atoms with E-state index in [1.54, 1.807) is 6.92 Å². The molecular formula is C13H15ClO5. The topological polar surface area (TPSA) is 83.8 Å². The van der Waals surface area contributed by atoms with Gasteiger partial charge in [0, 0.05) is 5.56 Å². The van der Waals surface area contributed by atoms with Gasteiger partial charge >= 0.3 is 5.97 Å². The molecule has 0 amide bonds. The molecule has 0 aliphatic carbocycles. The van der Waals surface area contributed by atoms with E-state index in [0.717, 1.165) is 0 Å². The molecule has 1 aromatic rings. The lowest BCUT2D eigenvalue weighted by Gasteiger charge is -2.15. The molecule has 5 nitrogen and oxygen atoms in total. The van der Waals surface area contributed by atoms with Gasteiger partial charge in [0.2, 0.25) is 0 Å². The molecule has 0 fully saturated rings. The molecule has 0 bridgehead atoms. The molecule has 6 heteroatoms. The number of hydrogen-bond acceptors (Lipinski definition) is 4. The Morgan fingerprint density at radius 3 is 2.53 bits per heavy atom. The van der Waals surface area contributed by atoms with E-state index < -0.39 is 17.5 Å². The normalized spacial score (nSPS) is 13.7. The van der Waals surface area contributed by atoms with Crippen molar-refractivity contribution in [3.05, 3.63) is 29.3 Å². The van der Waals surface area contributed by atoms with Crippen LogP contribution in [0.15, 0.2) is 18.2 Å². The van der Waals surface area contributed by atoms with Gasteiger partial charge in [0.05, 0.1) is 6.61 Å². The third kappa shape index (κ3) is 3.68. The van der Waals surface area contributed by atoms with E-state index in [1.807, 2.05) is 0 Å². The number of ketones is 1. The Balaban J connectivity index is 3.21. The molecule has 0 spiro atoms. The van der Waals surface area contributed by atoms with E-state index in [1.165, 1.54) is 25.1 Å². The van der Waals surface area contributed by atoms with Crippen LogP contribution >= 0.6 is 11.6 Å². The quantitative estimate of drug-likeness (QED) is 0.782. The Bertz CT molecular complexity index is 486. The minimum atomic E-state index is -1.68. The van der Waals surface area contributed by atoms with Crippen LogP contribution < -0.4 is 4.74 Å². The second-order valence-electron chi connectivity index (χ2n) is 3.94. The van der Waals surface area contributed by atoms with E-state index >= 15 is 0 Å². The first-order chi connectivity index (χ1) is 8.88. The van der Waals surface area contributed by atoms with Crippen LogP contribution in [0.4, 0.5) is 0 Å². The van der Waals surface area contributed by atoms with Gasteiger partial charge in [-0.2, -0.15) is 0 Å². The summed E-state index contributed by atoms with van der Waals surface area (Å²) < 4.78 is 5.29. The predicted molar refractivity (Wildman–Crippen MR) is 69.5 cm³/mol. The number of carbonyl (C=O) groups excluding carboxylic acids is 1. The van der Waals surface area contributed by atoms with Crippen molar-refractivity contribution in [1.29, 1.82) is 0 Å². The van der Waals surface area contributed by atoms with Crippen molar-refractivity contribution in [2.75, 3.05) is 6.61 Å². The zero-order chi connectivity index (χ0) is 14.6. The number of alkyl halides is 1. The van der Waals surface area contributed by atoms with Crippen molar-refractivity contribution in [2.24, 2.45) is 0 Å². The Labute approximate surface area is 115 Å². The number of rotatable bonds is 6. The number of carbonyl (C=O) groups is 2. The molecule has 104 valence electrons. The van der Waals surface area contributed by atoms with Crippen LogP contribution in [0.2, 0.25) is 0 Å². The van der Waals surface area contributed by atoms with Crippen LogP contribution in [0.5, 0.6) is 5.75 Å². The molecule has 0 heterocycles. The van der Waals surface area contributed by atoms with Gasteiger partial charge in [-0.05, 0) is 25.5 Å². The van der Waals surface area contributed by atoms with Gasteiger partial charge in [-0.25, -0.2) is 4.79 Å². The van der Waals surface area contributed by atoms with Gasteiger partial charge < -0.3 is 14.9 Å². The van der Waals surface area contributed by atoms with Gasteiger partial charge in [0.1, 0.15) is 11.1 Å². The molecule has 0 aliphatic rings. The standard InChI is InChI=1S/C13H15ClO5/c1-3-19-10-6-8(11(14)7(2)15)4-5-9(10)12(16)13(17)18/h4-6,11-12,16H,3H2,1-2H3,(H,17,18). The lowest BCUT2D eigenvalue weighted by Crippen LogP contribution is -2.13. The summed E-state index contributed by atoms with van der Waals surface area (Å²) in [4.78, 5) is 22.0. The fraction of sp³-hybridized carbons (Fsp3) is 0.385. The molecule has 0 saturated carbocycles. The van der Waals surface area contributed by atoms with Gasteiger partial charge in [0.15, 0.2) is 11.9 Å². The maximum absolute atomic E-state index is 11.2. The number of hydrogen-bond donors (Lipinski definition) is 2. The average Bonchev–Trinajstić information content (AvgIpc) is 2.37.